The standard InChI is InChI=1S/C14H19F3N2O/c1-18-12-9-11(10-5-7-19(2)8-6-10)3-4-13(12)20-14(15,16)17/h3-4,9-10,18H,5-8H2,1-2H3. The molecule has 112 valence electrons. The number of hydrogen-bond acceptors (Lipinski definition) is 3. The van der Waals surface area contributed by atoms with Gasteiger partial charge in [-0.2, -0.15) is 0 Å². The van der Waals surface area contributed by atoms with Gasteiger partial charge in [-0.1, -0.05) is 6.07 Å². The van der Waals surface area contributed by atoms with Crippen molar-refractivity contribution in [1.29, 1.82) is 0 Å². The zero-order valence-corrected chi connectivity index (χ0v) is 11.6. The number of halogens is 3. The number of nitrogens with one attached hydrogen (secondary N) is 1. The molecule has 1 aromatic rings. The van der Waals surface area contributed by atoms with E-state index in [1.54, 1.807) is 19.2 Å². The lowest BCUT2D eigenvalue weighted by atomic mass is 9.89. The SMILES string of the molecule is CNc1cc(C2CCN(C)CC2)ccc1OC(F)(F)F. The van der Waals surface area contributed by atoms with Crippen LogP contribution in [0.15, 0.2) is 18.2 Å². The zero-order chi connectivity index (χ0) is 14.8. The first kappa shape index (κ1) is 15.0. The van der Waals surface area contributed by atoms with E-state index in [1.165, 1.54) is 6.07 Å². The second kappa shape index (κ2) is 5.91. The number of benzene rings is 1. The lowest BCUT2D eigenvalue weighted by Crippen LogP contribution is -2.29. The average molecular weight is 288 g/mol. The number of hydrogen-bond donors (Lipinski definition) is 1. The van der Waals surface area contributed by atoms with Gasteiger partial charge >= 0.3 is 6.36 Å². The van der Waals surface area contributed by atoms with E-state index in [9.17, 15) is 13.2 Å². The van der Waals surface area contributed by atoms with Crippen LogP contribution in [-0.2, 0) is 0 Å². The summed E-state index contributed by atoms with van der Waals surface area (Å²) in [6.45, 7) is 2.03. The van der Waals surface area contributed by atoms with Crippen LogP contribution in [-0.4, -0.2) is 38.4 Å². The molecule has 0 amide bonds. The molecule has 1 aromatic carbocycles. The average Bonchev–Trinajstić information content (AvgIpc) is 2.38. The number of anilines is 1. The number of rotatable bonds is 3. The predicted molar refractivity (Wildman–Crippen MR) is 72.1 cm³/mol. The molecular weight excluding hydrogens is 269 g/mol. The molecule has 1 fully saturated rings. The van der Waals surface area contributed by atoms with Gasteiger partial charge in [0.25, 0.3) is 0 Å². The Labute approximate surface area is 116 Å². The maximum Gasteiger partial charge on any atom is 0.573 e. The highest BCUT2D eigenvalue weighted by Gasteiger charge is 2.32. The van der Waals surface area contributed by atoms with E-state index in [0.29, 0.717) is 11.6 Å². The molecule has 2 rings (SSSR count). The van der Waals surface area contributed by atoms with Gasteiger partial charge in [0.05, 0.1) is 5.69 Å². The molecule has 1 N–H and O–H groups in total. The molecule has 0 atom stereocenters. The summed E-state index contributed by atoms with van der Waals surface area (Å²) in [7, 11) is 3.67. The van der Waals surface area contributed by atoms with Gasteiger partial charge in [-0.3, -0.25) is 0 Å². The normalized spacial score (nSPS) is 18.1. The number of likely N-dealkylation sites (tertiary alicyclic amines) is 1. The van der Waals surface area contributed by atoms with Crippen LogP contribution in [0, 0.1) is 0 Å². The van der Waals surface area contributed by atoms with Crippen molar-refractivity contribution in [3.05, 3.63) is 23.8 Å². The summed E-state index contributed by atoms with van der Waals surface area (Å²) in [5.41, 5.74) is 1.44. The van der Waals surface area contributed by atoms with Gasteiger partial charge in [-0.05, 0) is 56.6 Å². The van der Waals surface area contributed by atoms with Gasteiger partial charge in [-0.15, -0.1) is 13.2 Å². The third kappa shape index (κ3) is 3.79. The van der Waals surface area contributed by atoms with E-state index in [-0.39, 0.29) is 5.75 Å². The Morgan fingerprint density at radius 2 is 1.90 bits per heavy atom. The Kier molecular flexibility index (Phi) is 4.42. The Balaban J connectivity index is 2.16. The molecule has 0 radical (unpaired) electrons. The highest BCUT2D eigenvalue weighted by molar-refractivity contribution is 5.58. The van der Waals surface area contributed by atoms with Crippen LogP contribution in [0.4, 0.5) is 18.9 Å². The second-order valence-corrected chi connectivity index (χ2v) is 5.13. The fourth-order valence-electron chi connectivity index (χ4n) is 2.55. The van der Waals surface area contributed by atoms with Gasteiger partial charge < -0.3 is 15.0 Å². The minimum absolute atomic E-state index is 0.184. The molecule has 1 heterocycles. The van der Waals surface area contributed by atoms with Crippen LogP contribution in [0.1, 0.15) is 24.3 Å². The minimum atomic E-state index is -4.67. The molecule has 0 saturated carbocycles. The molecular formula is C14H19F3N2O. The van der Waals surface area contributed by atoms with E-state index in [0.717, 1.165) is 31.5 Å². The molecule has 20 heavy (non-hydrogen) atoms. The molecule has 1 aliphatic rings. The van der Waals surface area contributed by atoms with Crippen molar-refractivity contribution >= 4 is 5.69 Å². The van der Waals surface area contributed by atoms with Crippen LogP contribution < -0.4 is 10.1 Å². The molecule has 6 heteroatoms. The molecule has 0 bridgehead atoms. The Morgan fingerprint density at radius 1 is 1.25 bits per heavy atom. The smallest absolute Gasteiger partial charge is 0.404 e. The maximum atomic E-state index is 12.3. The zero-order valence-electron chi connectivity index (χ0n) is 11.6. The molecule has 3 nitrogen and oxygen atoms in total. The van der Waals surface area contributed by atoms with Crippen molar-refractivity contribution in [1.82, 2.24) is 4.90 Å². The third-order valence-electron chi connectivity index (χ3n) is 3.69. The van der Waals surface area contributed by atoms with Crippen LogP contribution in [0.5, 0.6) is 5.75 Å². The summed E-state index contributed by atoms with van der Waals surface area (Å²) in [6.07, 6.45) is -2.61. The molecule has 0 aliphatic carbocycles. The van der Waals surface area contributed by atoms with Gasteiger partial charge in [0, 0.05) is 7.05 Å². The van der Waals surface area contributed by atoms with Gasteiger partial charge in [0.15, 0.2) is 5.75 Å². The predicted octanol–water partition coefficient (Wildman–Crippen LogP) is 3.44. The fourth-order valence-corrected chi connectivity index (χ4v) is 2.55. The largest absolute Gasteiger partial charge is 0.573 e. The van der Waals surface area contributed by atoms with Crippen LogP contribution in [0.3, 0.4) is 0 Å². The topological polar surface area (TPSA) is 24.5 Å². The molecule has 0 spiro atoms. The van der Waals surface area contributed by atoms with Gasteiger partial charge in [-0.25, -0.2) is 0 Å². The van der Waals surface area contributed by atoms with Crippen molar-refractivity contribution in [2.45, 2.75) is 25.1 Å². The summed E-state index contributed by atoms with van der Waals surface area (Å²) in [5.74, 6) is 0.218. The third-order valence-corrected chi connectivity index (χ3v) is 3.69. The second-order valence-electron chi connectivity index (χ2n) is 5.13. The minimum Gasteiger partial charge on any atom is -0.404 e. The van der Waals surface area contributed by atoms with Crippen LogP contribution in [0.2, 0.25) is 0 Å². The summed E-state index contributed by atoms with van der Waals surface area (Å²) < 4.78 is 40.9. The maximum absolute atomic E-state index is 12.3. The lowest BCUT2D eigenvalue weighted by Gasteiger charge is -2.29. The van der Waals surface area contributed by atoms with Crippen molar-refractivity contribution in [3.8, 4) is 5.75 Å². The highest BCUT2D eigenvalue weighted by Crippen LogP contribution is 2.35. The summed E-state index contributed by atoms with van der Waals surface area (Å²) in [6, 6.07) is 4.89. The molecule has 1 saturated heterocycles. The quantitative estimate of drug-likeness (QED) is 0.922. The van der Waals surface area contributed by atoms with Crippen molar-refractivity contribution in [2.75, 3.05) is 32.5 Å². The monoisotopic (exact) mass is 288 g/mol. The van der Waals surface area contributed by atoms with Crippen LogP contribution >= 0.6 is 0 Å². The van der Waals surface area contributed by atoms with E-state index in [2.05, 4.69) is 22.0 Å². The Bertz CT molecular complexity index is 454. The number of alkyl halides is 3. The van der Waals surface area contributed by atoms with E-state index in [1.807, 2.05) is 0 Å². The number of nitrogens with zero attached hydrogens (tertiary/aromatic N) is 1. The van der Waals surface area contributed by atoms with Crippen molar-refractivity contribution in [2.24, 2.45) is 0 Å². The Hall–Kier alpha value is -1.43. The number of ether oxygens (including phenoxy) is 1. The van der Waals surface area contributed by atoms with Gasteiger partial charge in [0.2, 0.25) is 0 Å². The van der Waals surface area contributed by atoms with E-state index >= 15 is 0 Å². The molecule has 0 aromatic heterocycles. The highest BCUT2D eigenvalue weighted by atomic mass is 19.4. The molecule has 0 unspecified atom stereocenters. The van der Waals surface area contributed by atoms with Crippen molar-refractivity contribution in [3.63, 3.8) is 0 Å². The first-order chi connectivity index (χ1) is 9.39. The fraction of sp³-hybridized carbons (Fsp3) is 0.571. The Morgan fingerprint density at radius 3 is 2.45 bits per heavy atom. The summed E-state index contributed by atoms with van der Waals surface area (Å²) in [4.78, 5) is 2.26. The summed E-state index contributed by atoms with van der Waals surface area (Å²) in [5, 5.41) is 2.77. The molecule has 1 aliphatic heterocycles. The lowest BCUT2D eigenvalue weighted by molar-refractivity contribution is -0.274. The number of piperidine rings is 1. The summed E-state index contributed by atoms with van der Waals surface area (Å²) >= 11 is 0. The van der Waals surface area contributed by atoms with Crippen molar-refractivity contribution < 1.29 is 17.9 Å². The van der Waals surface area contributed by atoms with E-state index in [4.69, 9.17) is 0 Å². The first-order valence-corrected chi connectivity index (χ1v) is 6.65. The van der Waals surface area contributed by atoms with E-state index < -0.39 is 6.36 Å². The first-order valence-electron chi connectivity index (χ1n) is 6.65. The van der Waals surface area contributed by atoms with Gasteiger partial charge in [0.1, 0.15) is 0 Å². The van der Waals surface area contributed by atoms with Crippen LogP contribution in [0.25, 0.3) is 0 Å².